The zero-order valence-corrected chi connectivity index (χ0v) is 12.1. The molecule has 20 heavy (non-hydrogen) atoms. The van der Waals surface area contributed by atoms with Crippen molar-refractivity contribution in [2.75, 3.05) is 7.11 Å². The monoisotopic (exact) mass is 280 g/mol. The molecule has 1 N–H and O–H groups in total. The molecule has 4 heteroatoms. The Labute approximate surface area is 118 Å². The third-order valence-corrected chi connectivity index (χ3v) is 4.30. The predicted molar refractivity (Wildman–Crippen MR) is 74.5 cm³/mol. The average Bonchev–Trinajstić information content (AvgIpc) is 2.37. The standard InChI is InChI=1S/C16H21FO3/c1-16(2)7-6-11(15(18)19)13(9-16)12-8-10(17)4-5-14(12)20-3/h4-5,8,11,13H,6-7,9H2,1-3H3,(H,18,19). The van der Waals surface area contributed by atoms with Crippen molar-refractivity contribution < 1.29 is 19.0 Å². The summed E-state index contributed by atoms with van der Waals surface area (Å²) in [5.41, 5.74) is 0.737. The van der Waals surface area contributed by atoms with E-state index in [1.807, 2.05) is 0 Å². The number of carboxylic acids is 1. The maximum Gasteiger partial charge on any atom is 0.307 e. The van der Waals surface area contributed by atoms with E-state index in [9.17, 15) is 14.3 Å². The zero-order chi connectivity index (χ0) is 14.9. The van der Waals surface area contributed by atoms with E-state index in [0.717, 1.165) is 12.8 Å². The fourth-order valence-electron chi connectivity index (χ4n) is 3.20. The van der Waals surface area contributed by atoms with E-state index in [4.69, 9.17) is 4.74 Å². The van der Waals surface area contributed by atoms with Crippen LogP contribution in [-0.4, -0.2) is 18.2 Å². The molecular formula is C16H21FO3. The van der Waals surface area contributed by atoms with Gasteiger partial charge in [-0.05, 0) is 42.9 Å². The number of ether oxygens (including phenoxy) is 1. The van der Waals surface area contributed by atoms with Crippen LogP contribution < -0.4 is 4.74 Å². The highest BCUT2D eigenvalue weighted by Crippen LogP contribution is 2.48. The Morgan fingerprint density at radius 3 is 2.75 bits per heavy atom. The largest absolute Gasteiger partial charge is 0.496 e. The van der Waals surface area contributed by atoms with Crippen molar-refractivity contribution in [2.24, 2.45) is 11.3 Å². The summed E-state index contributed by atoms with van der Waals surface area (Å²) in [6.45, 7) is 4.26. The molecule has 2 atom stereocenters. The van der Waals surface area contributed by atoms with Crippen LogP contribution in [0.25, 0.3) is 0 Å². The summed E-state index contributed by atoms with van der Waals surface area (Å²) < 4.78 is 18.8. The Kier molecular flexibility index (Phi) is 4.02. The van der Waals surface area contributed by atoms with Gasteiger partial charge in [-0.3, -0.25) is 4.79 Å². The highest BCUT2D eigenvalue weighted by molar-refractivity contribution is 5.72. The van der Waals surface area contributed by atoms with E-state index in [1.165, 1.54) is 19.2 Å². The molecule has 0 aliphatic heterocycles. The first kappa shape index (κ1) is 14.8. The Balaban J connectivity index is 2.44. The third-order valence-electron chi connectivity index (χ3n) is 4.30. The number of methoxy groups -OCH3 is 1. The van der Waals surface area contributed by atoms with Gasteiger partial charge in [0.1, 0.15) is 11.6 Å². The molecule has 1 fully saturated rings. The van der Waals surface area contributed by atoms with Crippen molar-refractivity contribution in [3.63, 3.8) is 0 Å². The number of aliphatic carboxylic acids is 1. The maximum absolute atomic E-state index is 13.6. The van der Waals surface area contributed by atoms with E-state index in [-0.39, 0.29) is 17.2 Å². The molecule has 0 bridgehead atoms. The number of hydrogen-bond acceptors (Lipinski definition) is 2. The molecule has 0 saturated heterocycles. The van der Waals surface area contributed by atoms with Gasteiger partial charge in [0, 0.05) is 11.5 Å². The molecule has 1 saturated carbocycles. The van der Waals surface area contributed by atoms with Crippen molar-refractivity contribution in [1.29, 1.82) is 0 Å². The third kappa shape index (κ3) is 2.94. The van der Waals surface area contributed by atoms with Crippen molar-refractivity contribution in [3.05, 3.63) is 29.6 Å². The van der Waals surface area contributed by atoms with Crippen LogP contribution in [0.2, 0.25) is 0 Å². The lowest BCUT2D eigenvalue weighted by molar-refractivity contribution is -0.144. The summed E-state index contributed by atoms with van der Waals surface area (Å²) in [4.78, 5) is 11.5. The molecule has 0 heterocycles. The molecule has 3 nitrogen and oxygen atoms in total. The molecule has 1 aromatic rings. The Bertz CT molecular complexity index is 510. The van der Waals surface area contributed by atoms with Crippen LogP contribution in [-0.2, 0) is 4.79 Å². The van der Waals surface area contributed by atoms with E-state index in [2.05, 4.69) is 13.8 Å². The van der Waals surface area contributed by atoms with Crippen molar-refractivity contribution in [3.8, 4) is 5.75 Å². The molecule has 1 aliphatic rings. The minimum Gasteiger partial charge on any atom is -0.496 e. The van der Waals surface area contributed by atoms with Crippen LogP contribution in [0.1, 0.15) is 44.6 Å². The second-order valence-corrected chi connectivity index (χ2v) is 6.34. The predicted octanol–water partition coefficient (Wildman–Crippen LogP) is 3.83. The fraction of sp³-hybridized carbons (Fsp3) is 0.562. The molecule has 2 unspecified atom stereocenters. The topological polar surface area (TPSA) is 46.5 Å². The second kappa shape index (κ2) is 5.43. The summed E-state index contributed by atoms with van der Waals surface area (Å²) in [6.07, 6.45) is 2.22. The lowest BCUT2D eigenvalue weighted by Gasteiger charge is -2.39. The van der Waals surface area contributed by atoms with Gasteiger partial charge in [0.05, 0.1) is 13.0 Å². The van der Waals surface area contributed by atoms with Gasteiger partial charge in [-0.25, -0.2) is 4.39 Å². The number of benzene rings is 1. The van der Waals surface area contributed by atoms with Crippen LogP contribution in [0.3, 0.4) is 0 Å². The van der Waals surface area contributed by atoms with Gasteiger partial charge in [0.2, 0.25) is 0 Å². The smallest absolute Gasteiger partial charge is 0.307 e. The summed E-state index contributed by atoms with van der Waals surface area (Å²) in [5, 5.41) is 9.44. The van der Waals surface area contributed by atoms with Gasteiger partial charge in [-0.1, -0.05) is 13.8 Å². The normalized spacial score (nSPS) is 25.2. The van der Waals surface area contributed by atoms with Gasteiger partial charge in [0.15, 0.2) is 0 Å². The molecule has 0 radical (unpaired) electrons. The number of carbonyl (C=O) groups is 1. The lowest BCUT2D eigenvalue weighted by Crippen LogP contribution is -2.33. The molecule has 1 aliphatic carbocycles. The SMILES string of the molecule is COc1ccc(F)cc1C1CC(C)(C)CCC1C(=O)O. The summed E-state index contributed by atoms with van der Waals surface area (Å²) >= 11 is 0. The van der Waals surface area contributed by atoms with E-state index >= 15 is 0 Å². The maximum atomic E-state index is 13.6. The van der Waals surface area contributed by atoms with Crippen LogP contribution in [0.4, 0.5) is 4.39 Å². The zero-order valence-electron chi connectivity index (χ0n) is 12.1. The van der Waals surface area contributed by atoms with Crippen LogP contribution in [0, 0.1) is 17.2 Å². The molecule has 0 aromatic heterocycles. The summed E-state index contributed by atoms with van der Waals surface area (Å²) in [5.74, 6) is -1.27. The number of carboxylic acid groups (broad SMARTS) is 1. The second-order valence-electron chi connectivity index (χ2n) is 6.34. The summed E-state index contributed by atoms with van der Waals surface area (Å²) in [6, 6.07) is 4.33. The Morgan fingerprint density at radius 2 is 2.15 bits per heavy atom. The highest BCUT2D eigenvalue weighted by atomic mass is 19.1. The van der Waals surface area contributed by atoms with Crippen LogP contribution in [0.15, 0.2) is 18.2 Å². The number of halogens is 1. The Morgan fingerprint density at radius 1 is 1.45 bits per heavy atom. The van der Waals surface area contributed by atoms with E-state index in [1.54, 1.807) is 6.07 Å². The molecule has 2 rings (SSSR count). The van der Waals surface area contributed by atoms with Crippen molar-refractivity contribution in [2.45, 2.75) is 39.0 Å². The lowest BCUT2D eigenvalue weighted by atomic mass is 9.65. The van der Waals surface area contributed by atoms with E-state index in [0.29, 0.717) is 17.7 Å². The highest BCUT2D eigenvalue weighted by Gasteiger charge is 2.40. The van der Waals surface area contributed by atoms with Gasteiger partial charge in [-0.2, -0.15) is 0 Å². The first-order valence-electron chi connectivity index (χ1n) is 6.90. The molecule has 110 valence electrons. The first-order chi connectivity index (χ1) is 9.34. The van der Waals surface area contributed by atoms with Gasteiger partial charge < -0.3 is 9.84 Å². The molecule has 0 amide bonds. The minimum atomic E-state index is -0.809. The fourth-order valence-corrected chi connectivity index (χ4v) is 3.20. The minimum absolute atomic E-state index is 0.0634. The van der Waals surface area contributed by atoms with Crippen LogP contribution >= 0.6 is 0 Å². The summed E-state index contributed by atoms with van der Waals surface area (Å²) in [7, 11) is 1.53. The van der Waals surface area contributed by atoms with Gasteiger partial charge in [-0.15, -0.1) is 0 Å². The number of hydrogen-bond donors (Lipinski definition) is 1. The van der Waals surface area contributed by atoms with Crippen molar-refractivity contribution in [1.82, 2.24) is 0 Å². The number of rotatable bonds is 3. The van der Waals surface area contributed by atoms with Crippen LogP contribution in [0.5, 0.6) is 5.75 Å². The molecular weight excluding hydrogens is 259 g/mol. The van der Waals surface area contributed by atoms with Gasteiger partial charge in [0.25, 0.3) is 0 Å². The van der Waals surface area contributed by atoms with E-state index < -0.39 is 11.9 Å². The quantitative estimate of drug-likeness (QED) is 0.915. The van der Waals surface area contributed by atoms with Gasteiger partial charge >= 0.3 is 5.97 Å². The molecule has 1 aromatic carbocycles. The first-order valence-corrected chi connectivity index (χ1v) is 6.90. The Hall–Kier alpha value is -1.58. The molecule has 0 spiro atoms. The average molecular weight is 280 g/mol. The van der Waals surface area contributed by atoms with Crippen molar-refractivity contribution >= 4 is 5.97 Å².